The third-order valence-electron chi connectivity index (χ3n) is 6.23. The molecule has 186 valence electrons. The molecule has 0 aliphatic carbocycles. The molecule has 0 bridgehead atoms. The van der Waals surface area contributed by atoms with Crippen LogP contribution in [0.15, 0.2) is 60.8 Å². The number of nitrogens with one attached hydrogen (secondary N) is 2. The number of hydrogen-bond acceptors (Lipinski definition) is 4. The van der Waals surface area contributed by atoms with E-state index < -0.39 is 5.91 Å². The van der Waals surface area contributed by atoms with Gasteiger partial charge in [-0.2, -0.15) is 0 Å². The highest BCUT2D eigenvalue weighted by atomic mass is 19.1. The maximum Gasteiger partial charge on any atom is 0.270 e. The Morgan fingerprint density at radius 3 is 2.22 bits per heavy atom. The van der Waals surface area contributed by atoms with Gasteiger partial charge in [0.15, 0.2) is 0 Å². The average Bonchev–Trinajstić information content (AvgIpc) is 2.92. The van der Waals surface area contributed by atoms with Gasteiger partial charge in [0.1, 0.15) is 11.5 Å². The number of piperidine rings is 1. The molecule has 7 nitrogen and oxygen atoms in total. The Balaban J connectivity index is 1.30. The summed E-state index contributed by atoms with van der Waals surface area (Å²) >= 11 is 0. The number of pyridine rings is 1. The van der Waals surface area contributed by atoms with Gasteiger partial charge in [-0.25, -0.2) is 4.39 Å². The fourth-order valence-corrected chi connectivity index (χ4v) is 4.11. The molecule has 4 rings (SSSR count). The number of nitrogens with zero attached hydrogens (tertiary/aromatic N) is 2. The predicted octanol–water partition coefficient (Wildman–Crippen LogP) is 4.02. The van der Waals surface area contributed by atoms with Gasteiger partial charge in [-0.1, -0.05) is 24.3 Å². The van der Waals surface area contributed by atoms with Crippen molar-refractivity contribution in [3.05, 3.63) is 100 Å². The normalized spacial score (nSPS) is 13.2. The van der Waals surface area contributed by atoms with Crippen molar-refractivity contribution in [2.45, 2.75) is 39.3 Å². The molecule has 1 saturated heterocycles. The standard InChI is InChI=1S/C28H29FN4O3/c1-19-15-21(7-10-24(19)29)18-32-27(35)25-16-23(11-12-30-25)26(34)31-17-20-5-8-22(9-6-20)28(36)33-13-3-2-4-14-33/h5-12,15-16H,2-4,13-14,17-18H2,1H3,(H,31,34)(H,32,35). The Hall–Kier alpha value is -4.07. The van der Waals surface area contributed by atoms with Crippen LogP contribution in [0, 0.1) is 12.7 Å². The van der Waals surface area contributed by atoms with Crippen molar-refractivity contribution in [1.29, 1.82) is 0 Å². The quantitative estimate of drug-likeness (QED) is 0.526. The summed E-state index contributed by atoms with van der Waals surface area (Å²) in [6.07, 6.45) is 4.67. The molecule has 0 radical (unpaired) electrons. The second-order valence-corrected chi connectivity index (χ2v) is 8.93. The van der Waals surface area contributed by atoms with Crippen LogP contribution in [0.3, 0.4) is 0 Å². The first-order valence-corrected chi connectivity index (χ1v) is 12.1. The highest BCUT2D eigenvalue weighted by molar-refractivity contribution is 5.98. The lowest BCUT2D eigenvalue weighted by atomic mass is 10.1. The smallest absolute Gasteiger partial charge is 0.270 e. The molecule has 0 spiro atoms. The third-order valence-corrected chi connectivity index (χ3v) is 6.23. The molecule has 2 N–H and O–H groups in total. The minimum Gasteiger partial charge on any atom is -0.348 e. The van der Waals surface area contributed by atoms with Crippen LogP contribution in [0.25, 0.3) is 0 Å². The van der Waals surface area contributed by atoms with Crippen molar-refractivity contribution < 1.29 is 18.8 Å². The minimum absolute atomic E-state index is 0.0439. The molecule has 0 unspecified atom stereocenters. The number of aromatic nitrogens is 1. The summed E-state index contributed by atoms with van der Waals surface area (Å²) in [4.78, 5) is 43.7. The number of amides is 3. The zero-order valence-corrected chi connectivity index (χ0v) is 20.2. The molecule has 1 aliphatic rings. The molecular weight excluding hydrogens is 459 g/mol. The second-order valence-electron chi connectivity index (χ2n) is 8.93. The van der Waals surface area contributed by atoms with Crippen LogP contribution in [0.4, 0.5) is 4.39 Å². The Kier molecular flexibility index (Phi) is 8.05. The number of rotatable bonds is 7. The number of halogens is 1. The van der Waals surface area contributed by atoms with E-state index in [0.29, 0.717) is 16.7 Å². The van der Waals surface area contributed by atoms with Gasteiger partial charge < -0.3 is 15.5 Å². The Morgan fingerprint density at radius 2 is 1.50 bits per heavy atom. The molecule has 3 amide bonds. The third kappa shape index (κ3) is 6.33. The molecule has 1 fully saturated rings. The van der Waals surface area contributed by atoms with E-state index in [1.165, 1.54) is 30.8 Å². The monoisotopic (exact) mass is 488 g/mol. The van der Waals surface area contributed by atoms with E-state index in [2.05, 4.69) is 15.6 Å². The molecule has 0 saturated carbocycles. The number of benzene rings is 2. The van der Waals surface area contributed by atoms with Gasteiger partial charge in [0, 0.05) is 43.5 Å². The highest BCUT2D eigenvalue weighted by Crippen LogP contribution is 2.14. The molecule has 1 aromatic heterocycles. The zero-order valence-electron chi connectivity index (χ0n) is 20.2. The number of aryl methyl sites for hydroxylation is 1. The van der Waals surface area contributed by atoms with Gasteiger partial charge in [-0.15, -0.1) is 0 Å². The molecule has 2 heterocycles. The lowest BCUT2D eigenvalue weighted by Gasteiger charge is -2.26. The SMILES string of the molecule is Cc1cc(CNC(=O)c2cc(C(=O)NCc3ccc(C(=O)N4CCCCC4)cc3)ccn2)ccc1F. The van der Waals surface area contributed by atoms with Crippen LogP contribution >= 0.6 is 0 Å². The maximum atomic E-state index is 13.4. The van der Waals surface area contributed by atoms with Crippen LogP contribution in [0.5, 0.6) is 0 Å². The first-order chi connectivity index (χ1) is 17.4. The summed E-state index contributed by atoms with van der Waals surface area (Å²) in [5.41, 5.74) is 3.20. The number of hydrogen-bond donors (Lipinski definition) is 2. The van der Waals surface area contributed by atoms with Gasteiger partial charge in [0.2, 0.25) is 0 Å². The van der Waals surface area contributed by atoms with Crippen molar-refractivity contribution in [3.63, 3.8) is 0 Å². The topological polar surface area (TPSA) is 91.4 Å². The van der Waals surface area contributed by atoms with E-state index in [-0.39, 0.29) is 36.4 Å². The summed E-state index contributed by atoms with van der Waals surface area (Å²) in [7, 11) is 0. The summed E-state index contributed by atoms with van der Waals surface area (Å²) < 4.78 is 13.4. The van der Waals surface area contributed by atoms with Crippen molar-refractivity contribution >= 4 is 17.7 Å². The van der Waals surface area contributed by atoms with E-state index in [9.17, 15) is 18.8 Å². The van der Waals surface area contributed by atoms with Crippen molar-refractivity contribution in [3.8, 4) is 0 Å². The van der Waals surface area contributed by atoms with Gasteiger partial charge in [-0.05, 0) is 73.2 Å². The van der Waals surface area contributed by atoms with E-state index in [1.54, 1.807) is 31.2 Å². The van der Waals surface area contributed by atoms with Crippen LogP contribution in [0.2, 0.25) is 0 Å². The predicted molar refractivity (Wildman–Crippen MR) is 134 cm³/mol. The van der Waals surface area contributed by atoms with E-state index in [4.69, 9.17) is 0 Å². The number of carbonyl (C=O) groups is 3. The van der Waals surface area contributed by atoms with Crippen LogP contribution in [0.1, 0.15) is 67.2 Å². The molecule has 8 heteroatoms. The van der Waals surface area contributed by atoms with Crippen molar-refractivity contribution in [2.75, 3.05) is 13.1 Å². The number of likely N-dealkylation sites (tertiary alicyclic amines) is 1. The van der Waals surface area contributed by atoms with Gasteiger partial charge in [0.25, 0.3) is 17.7 Å². The van der Waals surface area contributed by atoms with Crippen LogP contribution < -0.4 is 10.6 Å². The Morgan fingerprint density at radius 1 is 0.833 bits per heavy atom. The maximum absolute atomic E-state index is 13.4. The summed E-state index contributed by atoms with van der Waals surface area (Å²) in [6.45, 7) is 3.76. The van der Waals surface area contributed by atoms with Crippen molar-refractivity contribution in [2.24, 2.45) is 0 Å². The molecule has 36 heavy (non-hydrogen) atoms. The van der Waals surface area contributed by atoms with E-state index >= 15 is 0 Å². The fourth-order valence-electron chi connectivity index (χ4n) is 4.11. The summed E-state index contributed by atoms with van der Waals surface area (Å²) in [6, 6.07) is 14.8. The minimum atomic E-state index is -0.430. The average molecular weight is 489 g/mol. The van der Waals surface area contributed by atoms with Gasteiger partial charge >= 0.3 is 0 Å². The Bertz CT molecular complexity index is 1250. The largest absolute Gasteiger partial charge is 0.348 e. The second kappa shape index (κ2) is 11.6. The van der Waals surface area contributed by atoms with Gasteiger partial charge in [0.05, 0.1) is 0 Å². The van der Waals surface area contributed by atoms with Crippen LogP contribution in [-0.2, 0) is 13.1 Å². The molecule has 2 aromatic carbocycles. The zero-order chi connectivity index (χ0) is 25.5. The van der Waals surface area contributed by atoms with Gasteiger partial charge in [-0.3, -0.25) is 19.4 Å². The molecule has 1 aliphatic heterocycles. The molecular formula is C28H29FN4O3. The lowest BCUT2D eigenvalue weighted by molar-refractivity contribution is 0.0723. The van der Waals surface area contributed by atoms with E-state index in [0.717, 1.165) is 37.1 Å². The highest BCUT2D eigenvalue weighted by Gasteiger charge is 2.18. The Labute approximate surface area is 209 Å². The summed E-state index contributed by atoms with van der Waals surface area (Å²) in [5, 5.41) is 5.57. The number of carbonyl (C=O) groups excluding carboxylic acids is 3. The van der Waals surface area contributed by atoms with E-state index in [1.807, 2.05) is 17.0 Å². The molecule has 0 atom stereocenters. The first kappa shape index (κ1) is 25.0. The fraction of sp³-hybridized carbons (Fsp3) is 0.286. The first-order valence-electron chi connectivity index (χ1n) is 12.1. The lowest BCUT2D eigenvalue weighted by Crippen LogP contribution is -2.35. The van der Waals surface area contributed by atoms with Crippen molar-refractivity contribution in [1.82, 2.24) is 20.5 Å². The van der Waals surface area contributed by atoms with Crippen LogP contribution in [-0.4, -0.2) is 40.7 Å². The molecule has 3 aromatic rings. The summed E-state index contributed by atoms with van der Waals surface area (Å²) in [5.74, 6) is -1.02.